The summed E-state index contributed by atoms with van der Waals surface area (Å²) in [6, 6.07) is 4.14. The number of carbonyl (C=O) groups is 2. The first kappa shape index (κ1) is 24.6. The van der Waals surface area contributed by atoms with Crippen molar-refractivity contribution < 1.29 is 18.0 Å². The van der Waals surface area contributed by atoms with Crippen molar-refractivity contribution in [3.8, 4) is 0 Å². The molecule has 0 unspecified atom stereocenters. The Morgan fingerprint density at radius 2 is 1.63 bits per heavy atom. The van der Waals surface area contributed by atoms with Gasteiger partial charge in [-0.05, 0) is 51.8 Å². The summed E-state index contributed by atoms with van der Waals surface area (Å²) < 4.78 is 27.8. The number of hydrogen-bond donors (Lipinski definition) is 2. The Balaban J connectivity index is 2.08. The highest BCUT2D eigenvalue weighted by Crippen LogP contribution is 2.25. The molecule has 0 radical (unpaired) electrons. The number of benzene rings is 1. The number of carbonyl (C=O) groups excluding carboxylic acids is 2. The number of piperidine rings is 1. The van der Waals surface area contributed by atoms with Crippen LogP contribution in [0.5, 0.6) is 0 Å². The standard InChI is InChI=1S/C21H32ClN3O4S/c1-20(2,3)19(27)25-11-9-15(10-12-25)23-18(26)14-7-8-16(22)17(13-14)30(28,29)24-21(4,5)6/h7-8,13,15,24H,9-12H2,1-6H3,(H,23,26). The Kier molecular flexibility index (Phi) is 7.26. The van der Waals surface area contributed by atoms with Crippen LogP contribution in [0.2, 0.25) is 5.02 Å². The number of rotatable bonds is 4. The predicted octanol–water partition coefficient (Wildman–Crippen LogP) is 3.18. The molecule has 1 aromatic rings. The van der Waals surface area contributed by atoms with Gasteiger partial charge in [0.15, 0.2) is 0 Å². The molecular formula is C21H32ClN3O4S. The topological polar surface area (TPSA) is 95.6 Å². The van der Waals surface area contributed by atoms with E-state index in [9.17, 15) is 18.0 Å². The maximum atomic E-state index is 12.7. The van der Waals surface area contributed by atoms with E-state index in [4.69, 9.17) is 11.6 Å². The largest absolute Gasteiger partial charge is 0.349 e. The van der Waals surface area contributed by atoms with E-state index in [0.29, 0.717) is 25.9 Å². The highest BCUT2D eigenvalue weighted by Gasteiger charge is 2.31. The quantitative estimate of drug-likeness (QED) is 0.725. The summed E-state index contributed by atoms with van der Waals surface area (Å²) in [7, 11) is -3.87. The molecule has 1 saturated heterocycles. The van der Waals surface area contributed by atoms with Gasteiger partial charge in [-0.1, -0.05) is 32.4 Å². The molecule has 2 N–H and O–H groups in total. The summed E-state index contributed by atoms with van der Waals surface area (Å²) in [6.07, 6.45) is 1.30. The first-order chi connectivity index (χ1) is 13.6. The average molecular weight is 458 g/mol. The molecule has 1 heterocycles. The van der Waals surface area contributed by atoms with Crippen LogP contribution in [0.15, 0.2) is 23.1 Å². The number of likely N-dealkylation sites (tertiary alicyclic amines) is 1. The van der Waals surface area contributed by atoms with E-state index in [-0.39, 0.29) is 33.3 Å². The lowest BCUT2D eigenvalue weighted by Gasteiger charge is -2.36. The number of amides is 2. The van der Waals surface area contributed by atoms with Crippen LogP contribution in [0.3, 0.4) is 0 Å². The SMILES string of the molecule is CC(C)(C)NS(=O)(=O)c1cc(C(=O)NC2CCN(C(=O)C(C)(C)C)CC2)ccc1Cl. The van der Waals surface area contributed by atoms with Gasteiger partial charge in [0.05, 0.1) is 5.02 Å². The minimum atomic E-state index is -3.87. The Hall–Kier alpha value is -1.64. The highest BCUT2D eigenvalue weighted by atomic mass is 35.5. The van der Waals surface area contributed by atoms with E-state index in [0.717, 1.165) is 0 Å². The molecule has 9 heteroatoms. The van der Waals surface area contributed by atoms with Gasteiger partial charge in [0.25, 0.3) is 5.91 Å². The first-order valence-corrected chi connectivity index (χ1v) is 11.9. The van der Waals surface area contributed by atoms with E-state index < -0.39 is 21.0 Å². The van der Waals surface area contributed by atoms with Crippen LogP contribution in [-0.4, -0.2) is 49.8 Å². The Bertz CT molecular complexity index is 909. The first-order valence-electron chi connectivity index (χ1n) is 10.0. The van der Waals surface area contributed by atoms with Gasteiger partial charge in [0.2, 0.25) is 15.9 Å². The second-order valence-corrected chi connectivity index (χ2v) is 11.8. The molecule has 1 aliphatic heterocycles. The fourth-order valence-corrected chi connectivity index (χ4v) is 5.22. The molecule has 0 bridgehead atoms. The Labute approximate surface area is 184 Å². The van der Waals surface area contributed by atoms with E-state index in [1.165, 1.54) is 18.2 Å². The van der Waals surface area contributed by atoms with E-state index >= 15 is 0 Å². The molecule has 2 rings (SSSR count). The molecule has 0 atom stereocenters. The van der Waals surface area contributed by atoms with Crippen molar-refractivity contribution in [1.82, 2.24) is 14.9 Å². The summed E-state index contributed by atoms with van der Waals surface area (Å²) in [5.74, 6) is -0.259. The molecule has 2 amide bonds. The lowest BCUT2D eigenvalue weighted by Crippen LogP contribution is -2.49. The predicted molar refractivity (Wildman–Crippen MR) is 118 cm³/mol. The van der Waals surface area contributed by atoms with Crippen LogP contribution in [0.1, 0.15) is 64.7 Å². The molecule has 1 fully saturated rings. The van der Waals surface area contributed by atoms with Gasteiger partial charge in [-0.3, -0.25) is 9.59 Å². The van der Waals surface area contributed by atoms with Crippen molar-refractivity contribution in [2.45, 2.75) is 70.9 Å². The van der Waals surface area contributed by atoms with Crippen molar-refractivity contribution >= 4 is 33.4 Å². The monoisotopic (exact) mass is 457 g/mol. The number of sulfonamides is 1. The third kappa shape index (κ3) is 6.43. The second kappa shape index (κ2) is 8.85. The molecule has 168 valence electrons. The van der Waals surface area contributed by atoms with Gasteiger partial charge in [-0.15, -0.1) is 0 Å². The third-order valence-corrected chi connectivity index (χ3v) is 6.92. The van der Waals surface area contributed by atoms with Crippen molar-refractivity contribution in [2.24, 2.45) is 5.41 Å². The van der Waals surface area contributed by atoms with E-state index in [1.54, 1.807) is 20.8 Å². The zero-order chi connectivity index (χ0) is 22.9. The van der Waals surface area contributed by atoms with E-state index in [2.05, 4.69) is 10.0 Å². The highest BCUT2D eigenvalue weighted by molar-refractivity contribution is 7.89. The number of halogens is 1. The average Bonchev–Trinajstić information content (AvgIpc) is 2.59. The maximum Gasteiger partial charge on any atom is 0.251 e. The van der Waals surface area contributed by atoms with Crippen LogP contribution < -0.4 is 10.0 Å². The van der Waals surface area contributed by atoms with Crippen molar-refractivity contribution in [2.75, 3.05) is 13.1 Å². The van der Waals surface area contributed by atoms with E-state index in [1.807, 2.05) is 25.7 Å². The molecule has 0 aromatic heterocycles. The molecule has 1 aromatic carbocycles. The van der Waals surface area contributed by atoms with Crippen LogP contribution in [0.4, 0.5) is 0 Å². The molecule has 0 aliphatic carbocycles. The smallest absolute Gasteiger partial charge is 0.251 e. The van der Waals surface area contributed by atoms with Crippen molar-refractivity contribution in [3.63, 3.8) is 0 Å². The maximum absolute atomic E-state index is 12.7. The van der Waals surface area contributed by atoms with Crippen LogP contribution >= 0.6 is 11.6 Å². The van der Waals surface area contributed by atoms with Crippen molar-refractivity contribution in [1.29, 1.82) is 0 Å². The zero-order valence-corrected chi connectivity index (χ0v) is 20.1. The lowest BCUT2D eigenvalue weighted by molar-refractivity contribution is -0.140. The fraction of sp³-hybridized carbons (Fsp3) is 0.619. The van der Waals surface area contributed by atoms with Gasteiger partial charge in [0.1, 0.15) is 4.90 Å². The van der Waals surface area contributed by atoms with Crippen LogP contribution in [0, 0.1) is 5.41 Å². The second-order valence-electron chi connectivity index (χ2n) is 9.79. The third-order valence-electron chi connectivity index (χ3n) is 4.68. The molecule has 0 saturated carbocycles. The molecular weight excluding hydrogens is 426 g/mol. The van der Waals surface area contributed by atoms with Crippen LogP contribution in [-0.2, 0) is 14.8 Å². The van der Waals surface area contributed by atoms with Gasteiger partial charge in [0, 0.05) is 35.6 Å². The molecule has 0 spiro atoms. The molecule has 1 aliphatic rings. The summed E-state index contributed by atoms with van der Waals surface area (Å²) in [6.45, 7) is 12.0. The van der Waals surface area contributed by atoms with Gasteiger partial charge < -0.3 is 10.2 Å². The summed E-state index contributed by atoms with van der Waals surface area (Å²) >= 11 is 6.10. The number of nitrogens with one attached hydrogen (secondary N) is 2. The molecule has 7 nitrogen and oxygen atoms in total. The van der Waals surface area contributed by atoms with Crippen molar-refractivity contribution in [3.05, 3.63) is 28.8 Å². The number of hydrogen-bond acceptors (Lipinski definition) is 4. The summed E-state index contributed by atoms with van der Waals surface area (Å²) in [5.41, 5.74) is -0.886. The van der Waals surface area contributed by atoms with Gasteiger partial charge in [-0.25, -0.2) is 13.1 Å². The lowest BCUT2D eigenvalue weighted by atomic mass is 9.93. The summed E-state index contributed by atoms with van der Waals surface area (Å²) in [4.78, 5) is 26.8. The Morgan fingerprint density at radius 3 is 2.13 bits per heavy atom. The van der Waals surface area contributed by atoms with Crippen LogP contribution in [0.25, 0.3) is 0 Å². The normalized spacial score (nSPS) is 16.4. The molecule has 30 heavy (non-hydrogen) atoms. The fourth-order valence-electron chi connectivity index (χ4n) is 3.28. The number of nitrogens with zero attached hydrogens (tertiary/aromatic N) is 1. The summed E-state index contributed by atoms with van der Waals surface area (Å²) in [5, 5.41) is 3.00. The Morgan fingerprint density at radius 1 is 1.07 bits per heavy atom. The van der Waals surface area contributed by atoms with Gasteiger partial charge >= 0.3 is 0 Å². The zero-order valence-electron chi connectivity index (χ0n) is 18.5. The van der Waals surface area contributed by atoms with Gasteiger partial charge in [-0.2, -0.15) is 0 Å². The minimum absolute atomic E-state index is 0.0531. The minimum Gasteiger partial charge on any atom is -0.349 e.